The van der Waals surface area contributed by atoms with Crippen LogP contribution >= 0.6 is 0 Å². The van der Waals surface area contributed by atoms with Crippen LogP contribution < -0.4 is 10.9 Å². The minimum Gasteiger partial charge on any atom is -0.375 e. The molecule has 4 heterocycles. The molecular formula is C38H33BN2. The van der Waals surface area contributed by atoms with Gasteiger partial charge in [-0.15, -0.1) is 0 Å². The molecule has 0 unspecified atom stereocenters. The molecular weight excluding hydrogens is 495 g/mol. The van der Waals surface area contributed by atoms with Gasteiger partial charge >= 0.3 is 6.85 Å². The van der Waals surface area contributed by atoms with Crippen molar-refractivity contribution in [1.29, 1.82) is 0 Å². The predicted octanol–water partition coefficient (Wildman–Crippen LogP) is 8.43. The fraction of sp³-hybridized carbons (Fsp3) is 0.211. The Morgan fingerprint density at radius 2 is 1.34 bits per heavy atom. The van der Waals surface area contributed by atoms with Crippen molar-refractivity contribution in [3.8, 4) is 16.8 Å². The first-order chi connectivity index (χ1) is 19.6. The lowest BCUT2D eigenvalue weighted by atomic mass is 9.45. The molecule has 0 N–H and O–H groups in total. The van der Waals surface area contributed by atoms with E-state index in [1.807, 2.05) is 0 Å². The summed E-state index contributed by atoms with van der Waals surface area (Å²) in [4.78, 5) is 0. The summed E-state index contributed by atoms with van der Waals surface area (Å²) in [7, 11) is 0. The van der Waals surface area contributed by atoms with Crippen LogP contribution in [0.4, 0.5) is 0 Å². The summed E-state index contributed by atoms with van der Waals surface area (Å²) in [6, 6.07) is 32.8. The molecule has 0 amide bonds. The van der Waals surface area contributed by atoms with Gasteiger partial charge < -0.3 is 9.05 Å². The van der Waals surface area contributed by atoms with Crippen LogP contribution in [0.15, 0.2) is 91.1 Å². The van der Waals surface area contributed by atoms with Gasteiger partial charge in [0.1, 0.15) is 0 Å². The maximum Gasteiger partial charge on any atom is 0.333 e. The minimum absolute atomic E-state index is 0.0435. The summed E-state index contributed by atoms with van der Waals surface area (Å²) in [5.74, 6) is 0. The van der Waals surface area contributed by atoms with Gasteiger partial charge in [-0.3, -0.25) is 0 Å². The van der Waals surface area contributed by atoms with Crippen LogP contribution in [-0.4, -0.2) is 15.9 Å². The maximum atomic E-state index is 2.70. The number of hydrogen-bond donors (Lipinski definition) is 0. The molecule has 7 aromatic rings. The van der Waals surface area contributed by atoms with Gasteiger partial charge in [-0.25, -0.2) is 0 Å². The molecule has 2 aliphatic rings. The van der Waals surface area contributed by atoms with Crippen molar-refractivity contribution in [2.75, 3.05) is 0 Å². The van der Waals surface area contributed by atoms with Gasteiger partial charge in [-0.1, -0.05) is 84.0 Å². The van der Waals surface area contributed by atoms with Gasteiger partial charge in [0.15, 0.2) is 0 Å². The molecule has 198 valence electrons. The summed E-state index contributed by atoms with van der Waals surface area (Å²) < 4.78 is 5.15. The highest BCUT2D eigenvalue weighted by molar-refractivity contribution is 6.91. The minimum atomic E-state index is 0.0435. The quantitative estimate of drug-likeness (QED) is 0.175. The van der Waals surface area contributed by atoms with E-state index in [-0.39, 0.29) is 17.7 Å². The highest BCUT2D eigenvalue weighted by Gasteiger charge is 2.41. The van der Waals surface area contributed by atoms with E-state index in [9.17, 15) is 0 Å². The molecule has 41 heavy (non-hydrogen) atoms. The van der Waals surface area contributed by atoms with E-state index in [1.54, 1.807) is 0 Å². The van der Waals surface area contributed by atoms with Crippen LogP contribution in [0.1, 0.15) is 52.7 Å². The molecule has 0 spiro atoms. The third-order valence-corrected chi connectivity index (χ3v) is 9.80. The molecule has 0 atom stereocenters. The lowest BCUT2D eigenvalue weighted by Gasteiger charge is -2.35. The first-order valence-corrected chi connectivity index (χ1v) is 14.9. The van der Waals surface area contributed by atoms with Gasteiger partial charge in [0.25, 0.3) is 0 Å². The average Bonchev–Trinajstić information content (AvgIpc) is 3.51. The molecule has 2 aromatic heterocycles. The molecule has 0 fully saturated rings. The van der Waals surface area contributed by atoms with Crippen molar-refractivity contribution in [3.63, 3.8) is 0 Å². The summed E-state index contributed by atoms with van der Waals surface area (Å²) in [6.45, 7) is 14.1. The second-order valence-corrected chi connectivity index (χ2v) is 14.3. The van der Waals surface area contributed by atoms with Gasteiger partial charge in [0.2, 0.25) is 0 Å². The number of hydrogen-bond acceptors (Lipinski definition) is 0. The van der Waals surface area contributed by atoms with Gasteiger partial charge in [-0.2, -0.15) is 0 Å². The van der Waals surface area contributed by atoms with Gasteiger partial charge in [0, 0.05) is 44.6 Å². The van der Waals surface area contributed by atoms with E-state index in [4.69, 9.17) is 0 Å². The Labute approximate surface area is 241 Å². The molecule has 0 bridgehead atoms. The SMILES string of the molecule is CC(C)(C)c1ccc2c(c1)c1cc(C(C)(C)C)cc3c1n2B1c2c-3cccc2-n2ccc3cc4ccccc4c1c32. The Kier molecular flexibility index (Phi) is 4.20. The van der Waals surface area contributed by atoms with Crippen LogP contribution in [0, 0.1) is 0 Å². The summed E-state index contributed by atoms with van der Waals surface area (Å²) in [5, 5.41) is 6.71. The number of benzene rings is 5. The van der Waals surface area contributed by atoms with E-state index in [0.29, 0.717) is 0 Å². The summed E-state index contributed by atoms with van der Waals surface area (Å²) in [6.07, 6.45) is 2.28. The van der Waals surface area contributed by atoms with Gasteiger partial charge in [-0.05, 0) is 91.7 Å². The Bertz CT molecular complexity index is 2280. The normalized spacial score (nSPS) is 14.0. The largest absolute Gasteiger partial charge is 0.375 e. The second-order valence-electron chi connectivity index (χ2n) is 14.3. The van der Waals surface area contributed by atoms with Crippen LogP contribution in [-0.2, 0) is 10.8 Å². The summed E-state index contributed by atoms with van der Waals surface area (Å²) in [5.41, 5.74) is 13.8. The van der Waals surface area contributed by atoms with Gasteiger partial charge in [0.05, 0.1) is 5.52 Å². The lowest BCUT2D eigenvalue weighted by molar-refractivity contribution is 0.590. The molecule has 0 radical (unpaired) electrons. The van der Waals surface area contributed by atoms with Crippen molar-refractivity contribution < 1.29 is 0 Å². The third-order valence-electron chi connectivity index (χ3n) is 9.80. The Hall–Kier alpha value is -4.24. The van der Waals surface area contributed by atoms with E-state index >= 15 is 0 Å². The topological polar surface area (TPSA) is 9.86 Å². The van der Waals surface area contributed by atoms with Crippen molar-refractivity contribution in [3.05, 3.63) is 102 Å². The average molecular weight is 529 g/mol. The molecule has 0 aliphatic carbocycles. The molecule has 2 aliphatic heterocycles. The van der Waals surface area contributed by atoms with Crippen LogP contribution in [0.5, 0.6) is 0 Å². The molecule has 3 heteroatoms. The molecule has 9 rings (SSSR count). The maximum absolute atomic E-state index is 2.70. The first kappa shape index (κ1) is 23.5. The van der Waals surface area contributed by atoms with Crippen molar-refractivity contribution in [2.24, 2.45) is 0 Å². The first-order valence-electron chi connectivity index (χ1n) is 14.9. The standard InChI is InChI=1S/C38H33BN2/c1-37(2,3)24-14-15-31-28(19-24)30-21-25(38(4,5)6)20-29-27-12-9-13-32-33(27)39(41(31)36(29)30)34-26-11-8-7-10-22(26)18-23-16-17-40(32)35(23)34/h7-21H,1-6H3. The van der Waals surface area contributed by atoms with Crippen molar-refractivity contribution in [1.82, 2.24) is 9.05 Å². The molecule has 2 nitrogen and oxygen atoms in total. The number of rotatable bonds is 0. The Balaban J connectivity index is 1.54. The second kappa shape index (κ2) is 7.34. The van der Waals surface area contributed by atoms with Crippen LogP contribution in [0.3, 0.4) is 0 Å². The number of fused-ring (bicyclic) bond motifs is 9. The smallest absolute Gasteiger partial charge is 0.333 e. The Morgan fingerprint density at radius 3 is 2.15 bits per heavy atom. The van der Waals surface area contributed by atoms with Crippen LogP contribution in [0.2, 0.25) is 0 Å². The fourth-order valence-corrected chi connectivity index (χ4v) is 7.73. The van der Waals surface area contributed by atoms with Crippen molar-refractivity contribution in [2.45, 2.75) is 52.4 Å². The highest BCUT2D eigenvalue weighted by atomic mass is 15.0. The van der Waals surface area contributed by atoms with E-state index in [0.717, 1.165) is 0 Å². The van der Waals surface area contributed by atoms with Crippen LogP contribution in [0.25, 0.3) is 60.3 Å². The monoisotopic (exact) mass is 528 g/mol. The van der Waals surface area contributed by atoms with E-state index in [1.165, 1.54) is 82.3 Å². The van der Waals surface area contributed by atoms with E-state index in [2.05, 4.69) is 142 Å². The van der Waals surface area contributed by atoms with Crippen molar-refractivity contribution >= 4 is 61.3 Å². The predicted molar refractivity (Wildman–Crippen MR) is 177 cm³/mol. The lowest BCUT2D eigenvalue weighted by Crippen LogP contribution is -2.55. The third kappa shape index (κ3) is 2.89. The zero-order valence-electron chi connectivity index (χ0n) is 24.6. The molecule has 0 saturated carbocycles. The van der Waals surface area contributed by atoms with E-state index < -0.39 is 0 Å². The molecule has 5 aromatic carbocycles. The zero-order valence-corrected chi connectivity index (χ0v) is 24.6. The zero-order chi connectivity index (χ0) is 28.0. The number of aromatic nitrogens is 2. The molecule has 0 saturated heterocycles. The fourth-order valence-electron chi connectivity index (χ4n) is 7.73. The summed E-state index contributed by atoms with van der Waals surface area (Å²) >= 11 is 0. The number of nitrogens with zero attached hydrogens (tertiary/aromatic N) is 2. The highest BCUT2D eigenvalue weighted by Crippen LogP contribution is 2.45. The Morgan fingerprint density at radius 1 is 0.561 bits per heavy atom.